The molecule has 0 bridgehead atoms. The van der Waals surface area contributed by atoms with Crippen molar-refractivity contribution in [1.82, 2.24) is 5.32 Å². The molecular formula is C15H17F3N2O2. The highest BCUT2D eigenvalue weighted by molar-refractivity contribution is 5.81. The Kier molecular flexibility index (Phi) is 5.07. The molecule has 7 heteroatoms. The summed E-state index contributed by atoms with van der Waals surface area (Å²) in [5, 5.41) is 11.2. The lowest BCUT2D eigenvalue weighted by Gasteiger charge is -2.29. The summed E-state index contributed by atoms with van der Waals surface area (Å²) >= 11 is 0. The molecule has 0 saturated heterocycles. The van der Waals surface area contributed by atoms with Crippen LogP contribution < -0.4 is 10.1 Å². The van der Waals surface area contributed by atoms with Crippen molar-refractivity contribution in [2.75, 3.05) is 7.05 Å². The van der Waals surface area contributed by atoms with Gasteiger partial charge in [-0.1, -0.05) is 20.8 Å². The number of amides is 1. The Hall–Kier alpha value is -2.23. The van der Waals surface area contributed by atoms with Gasteiger partial charge in [0.05, 0.1) is 17.2 Å². The summed E-state index contributed by atoms with van der Waals surface area (Å²) in [4.78, 5) is 11.9. The van der Waals surface area contributed by atoms with E-state index in [1.54, 1.807) is 20.8 Å². The molecule has 0 spiro atoms. The summed E-state index contributed by atoms with van der Waals surface area (Å²) < 4.78 is 44.2. The van der Waals surface area contributed by atoms with Crippen molar-refractivity contribution >= 4 is 5.91 Å². The smallest absolute Gasteiger partial charge is 0.417 e. The molecule has 0 aliphatic heterocycles. The minimum absolute atomic E-state index is 0.116. The fourth-order valence-corrected chi connectivity index (χ4v) is 1.82. The highest BCUT2D eigenvalue weighted by Crippen LogP contribution is 2.35. The van der Waals surface area contributed by atoms with Crippen LogP contribution in [0.1, 0.15) is 31.9 Å². The maximum absolute atomic E-state index is 12.9. The zero-order valence-electron chi connectivity index (χ0n) is 12.7. The van der Waals surface area contributed by atoms with Gasteiger partial charge in [0.15, 0.2) is 6.10 Å². The zero-order chi connectivity index (χ0) is 17.1. The predicted octanol–water partition coefficient (Wildman–Crippen LogP) is 3.12. The number of nitrogens with zero attached hydrogens (tertiary/aromatic N) is 1. The lowest BCUT2D eigenvalue weighted by molar-refractivity contribution is -0.138. The highest BCUT2D eigenvalue weighted by Gasteiger charge is 2.36. The van der Waals surface area contributed by atoms with Gasteiger partial charge in [-0.3, -0.25) is 4.79 Å². The topological polar surface area (TPSA) is 62.1 Å². The first-order valence-electron chi connectivity index (χ1n) is 6.50. The van der Waals surface area contributed by atoms with Gasteiger partial charge in [-0.05, 0) is 18.2 Å². The summed E-state index contributed by atoms with van der Waals surface area (Å²) in [5.41, 5.74) is -2.20. The van der Waals surface area contributed by atoms with E-state index in [-0.39, 0.29) is 5.75 Å². The second-order valence-corrected chi connectivity index (χ2v) is 5.80. The summed E-state index contributed by atoms with van der Waals surface area (Å²) in [7, 11) is 1.42. The molecular weight excluding hydrogens is 297 g/mol. The Labute approximate surface area is 126 Å². The van der Waals surface area contributed by atoms with Gasteiger partial charge in [0, 0.05) is 12.5 Å². The van der Waals surface area contributed by atoms with Crippen LogP contribution in [0.3, 0.4) is 0 Å². The molecule has 1 unspecified atom stereocenters. The van der Waals surface area contributed by atoms with Crippen molar-refractivity contribution in [3.8, 4) is 11.8 Å². The van der Waals surface area contributed by atoms with E-state index in [9.17, 15) is 18.0 Å². The monoisotopic (exact) mass is 314 g/mol. The van der Waals surface area contributed by atoms with Crippen molar-refractivity contribution in [2.24, 2.45) is 5.41 Å². The Bertz CT molecular complexity index is 598. The molecule has 4 nitrogen and oxygen atoms in total. The van der Waals surface area contributed by atoms with Crippen LogP contribution in [-0.2, 0) is 11.0 Å². The number of benzene rings is 1. The van der Waals surface area contributed by atoms with Crippen LogP contribution >= 0.6 is 0 Å². The highest BCUT2D eigenvalue weighted by atomic mass is 19.4. The van der Waals surface area contributed by atoms with E-state index in [0.717, 1.165) is 12.1 Å². The van der Waals surface area contributed by atoms with Gasteiger partial charge >= 0.3 is 6.18 Å². The van der Waals surface area contributed by atoms with Crippen molar-refractivity contribution in [2.45, 2.75) is 33.1 Å². The SMILES string of the molecule is CNC(=O)C(Oc1ccc(C#N)c(C(F)(F)F)c1)C(C)(C)C. The maximum Gasteiger partial charge on any atom is 0.417 e. The fraction of sp³-hybridized carbons (Fsp3) is 0.467. The van der Waals surface area contributed by atoms with E-state index in [1.165, 1.54) is 19.2 Å². The summed E-state index contributed by atoms with van der Waals surface area (Å²) in [5.74, 6) is -0.555. The first-order chi connectivity index (χ1) is 10.0. The van der Waals surface area contributed by atoms with E-state index in [2.05, 4.69) is 5.32 Å². The fourth-order valence-electron chi connectivity index (χ4n) is 1.82. The van der Waals surface area contributed by atoms with Crippen molar-refractivity contribution in [1.29, 1.82) is 5.26 Å². The third kappa shape index (κ3) is 4.13. The van der Waals surface area contributed by atoms with Gasteiger partial charge in [-0.15, -0.1) is 0 Å². The molecule has 0 saturated carbocycles. The molecule has 1 rings (SSSR count). The third-order valence-electron chi connectivity index (χ3n) is 2.94. The van der Waals surface area contributed by atoms with Gasteiger partial charge in [0.25, 0.3) is 5.91 Å². The van der Waals surface area contributed by atoms with Gasteiger partial charge in [-0.25, -0.2) is 0 Å². The maximum atomic E-state index is 12.9. The Morgan fingerprint density at radius 3 is 2.32 bits per heavy atom. The van der Waals surface area contributed by atoms with Crippen LogP contribution in [0.15, 0.2) is 18.2 Å². The number of likely N-dealkylation sites (N-methyl/N-ethyl adjacent to an activating group) is 1. The lowest BCUT2D eigenvalue weighted by atomic mass is 9.88. The zero-order valence-corrected chi connectivity index (χ0v) is 12.7. The van der Waals surface area contributed by atoms with Gasteiger partial charge in [0.1, 0.15) is 5.75 Å². The van der Waals surface area contributed by atoms with E-state index in [4.69, 9.17) is 10.00 Å². The molecule has 120 valence electrons. The van der Waals surface area contributed by atoms with E-state index in [0.29, 0.717) is 0 Å². The molecule has 22 heavy (non-hydrogen) atoms. The summed E-state index contributed by atoms with van der Waals surface area (Å²) in [6.45, 7) is 5.21. The molecule has 0 fully saturated rings. The molecule has 1 amide bonds. The standard InChI is InChI=1S/C15H17F3N2O2/c1-14(2,3)12(13(21)20-4)22-10-6-5-9(8-19)11(7-10)15(16,17)18/h5-7,12H,1-4H3,(H,20,21). The minimum atomic E-state index is -4.67. The average Bonchev–Trinajstić information content (AvgIpc) is 2.41. The van der Waals surface area contributed by atoms with Crippen LogP contribution in [0, 0.1) is 16.7 Å². The van der Waals surface area contributed by atoms with E-state index >= 15 is 0 Å². The van der Waals surface area contributed by atoms with Crippen LogP contribution in [0.2, 0.25) is 0 Å². The number of alkyl halides is 3. The molecule has 1 aromatic carbocycles. The van der Waals surface area contributed by atoms with Crippen molar-refractivity contribution < 1.29 is 22.7 Å². The normalized spacial score (nSPS) is 13.2. The Morgan fingerprint density at radius 1 is 1.32 bits per heavy atom. The summed E-state index contributed by atoms with van der Waals surface area (Å²) in [6.07, 6.45) is -5.64. The van der Waals surface area contributed by atoms with Crippen molar-refractivity contribution in [3.63, 3.8) is 0 Å². The predicted molar refractivity (Wildman–Crippen MR) is 74.1 cm³/mol. The number of carbonyl (C=O) groups excluding carboxylic acids is 1. The molecule has 1 atom stereocenters. The molecule has 0 aliphatic carbocycles. The summed E-state index contributed by atoms with van der Waals surface area (Å²) in [6, 6.07) is 4.50. The largest absolute Gasteiger partial charge is 0.480 e. The van der Waals surface area contributed by atoms with Crippen LogP contribution in [-0.4, -0.2) is 19.1 Å². The number of nitriles is 1. The second kappa shape index (κ2) is 6.26. The van der Waals surface area contributed by atoms with Crippen LogP contribution in [0.25, 0.3) is 0 Å². The molecule has 1 N–H and O–H groups in total. The Balaban J connectivity index is 3.23. The quantitative estimate of drug-likeness (QED) is 0.932. The molecule has 0 aliphatic rings. The molecule has 0 heterocycles. The van der Waals surface area contributed by atoms with Gasteiger partial charge in [-0.2, -0.15) is 18.4 Å². The average molecular weight is 314 g/mol. The number of carbonyl (C=O) groups is 1. The number of hydrogen-bond acceptors (Lipinski definition) is 3. The number of hydrogen-bond donors (Lipinski definition) is 1. The number of ether oxygens (including phenoxy) is 1. The van der Waals surface area contributed by atoms with Gasteiger partial charge in [0.2, 0.25) is 0 Å². The first-order valence-corrected chi connectivity index (χ1v) is 6.50. The van der Waals surface area contributed by atoms with Crippen molar-refractivity contribution in [3.05, 3.63) is 29.3 Å². The first kappa shape index (κ1) is 17.8. The Morgan fingerprint density at radius 2 is 1.91 bits per heavy atom. The van der Waals surface area contributed by atoms with Crippen LogP contribution in [0.4, 0.5) is 13.2 Å². The second-order valence-electron chi connectivity index (χ2n) is 5.80. The lowest BCUT2D eigenvalue weighted by Crippen LogP contribution is -2.45. The third-order valence-corrected chi connectivity index (χ3v) is 2.94. The van der Waals surface area contributed by atoms with E-state index < -0.39 is 34.7 Å². The number of rotatable bonds is 3. The van der Waals surface area contributed by atoms with Gasteiger partial charge < -0.3 is 10.1 Å². The van der Waals surface area contributed by atoms with E-state index in [1.807, 2.05) is 0 Å². The number of halogens is 3. The van der Waals surface area contributed by atoms with Crippen LogP contribution in [0.5, 0.6) is 5.75 Å². The molecule has 0 radical (unpaired) electrons. The number of nitrogens with one attached hydrogen (secondary N) is 1. The molecule has 1 aromatic rings. The minimum Gasteiger partial charge on any atom is -0.480 e. The molecule has 0 aromatic heterocycles.